The Kier molecular flexibility index (Phi) is 9.81. The normalized spacial score (nSPS) is 14.2. The molecule has 2 aromatic heterocycles. The van der Waals surface area contributed by atoms with Crippen LogP contribution in [0.5, 0.6) is 11.5 Å². The molecule has 5 heteroatoms. The van der Waals surface area contributed by atoms with Crippen molar-refractivity contribution in [3.63, 3.8) is 0 Å². The number of fused-ring (bicyclic) bond motifs is 3. The van der Waals surface area contributed by atoms with Crippen molar-refractivity contribution in [3.8, 4) is 28.4 Å². The first-order chi connectivity index (χ1) is 27.8. The summed E-state index contributed by atoms with van der Waals surface area (Å²) in [6.45, 7) is 28.4. The van der Waals surface area contributed by atoms with Gasteiger partial charge in [0, 0.05) is 62.7 Å². The molecule has 0 atom stereocenters. The molecule has 0 aliphatic carbocycles. The molecule has 0 radical (unpaired) electrons. The zero-order chi connectivity index (χ0) is 42.1. The Morgan fingerprint density at radius 3 is 1.76 bits per heavy atom. The average Bonchev–Trinajstić information content (AvgIpc) is 3.76. The van der Waals surface area contributed by atoms with Crippen molar-refractivity contribution in [2.75, 3.05) is 16.5 Å². The summed E-state index contributed by atoms with van der Waals surface area (Å²) >= 11 is 0. The first-order valence-corrected chi connectivity index (χ1v) is 21.1. The third kappa shape index (κ3) is 7.76. The maximum atomic E-state index is 6.81. The number of anilines is 2. The molecule has 0 N–H and O–H groups in total. The van der Waals surface area contributed by atoms with E-state index in [9.17, 15) is 0 Å². The van der Waals surface area contributed by atoms with Crippen LogP contribution in [0.1, 0.15) is 94.2 Å². The van der Waals surface area contributed by atoms with Gasteiger partial charge in [-0.2, -0.15) is 0 Å². The molecule has 59 heavy (non-hydrogen) atoms. The van der Waals surface area contributed by atoms with Crippen LogP contribution in [-0.2, 0) is 10.8 Å². The highest BCUT2D eigenvalue weighted by Gasteiger charge is 2.42. The first kappa shape index (κ1) is 40.0. The molecule has 0 saturated heterocycles. The summed E-state index contributed by atoms with van der Waals surface area (Å²) in [5.41, 5.74) is 11.9. The van der Waals surface area contributed by atoms with Crippen LogP contribution in [0.25, 0.3) is 38.8 Å². The van der Waals surface area contributed by atoms with Gasteiger partial charge in [-0.3, -0.25) is 4.57 Å². The van der Waals surface area contributed by atoms with Crippen LogP contribution in [-0.4, -0.2) is 16.2 Å². The number of allylic oxidation sites excluding steroid dienone is 2. The molecule has 0 spiro atoms. The van der Waals surface area contributed by atoms with Gasteiger partial charge < -0.3 is 14.5 Å². The smallest absolute Gasteiger partial charge is 0.137 e. The summed E-state index contributed by atoms with van der Waals surface area (Å²) in [4.78, 5) is 9.96. The van der Waals surface area contributed by atoms with Crippen LogP contribution >= 0.6 is 0 Å². The minimum Gasteiger partial charge on any atom is -0.457 e. The number of hydrogen-bond donors (Lipinski definition) is 0. The van der Waals surface area contributed by atoms with Crippen molar-refractivity contribution in [1.29, 1.82) is 0 Å². The van der Waals surface area contributed by atoms with E-state index in [4.69, 9.17) is 9.72 Å². The fourth-order valence-corrected chi connectivity index (χ4v) is 8.60. The maximum absolute atomic E-state index is 6.81. The highest BCUT2D eigenvalue weighted by molar-refractivity contribution is 6.09. The van der Waals surface area contributed by atoms with Crippen molar-refractivity contribution in [1.82, 2.24) is 9.55 Å². The van der Waals surface area contributed by atoms with Crippen molar-refractivity contribution in [2.45, 2.75) is 93.9 Å². The number of para-hydroxylation sites is 1. The van der Waals surface area contributed by atoms with E-state index in [1.165, 1.54) is 50.1 Å². The second-order valence-electron chi connectivity index (χ2n) is 20.4. The quantitative estimate of drug-likeness (QED) is 0.168. The number of pyridine rings is 1. The molecule has 5 nitrogen and oxygen atoms in total. The monoisotopic (exact) mass is 780 g/mol. The van der Waals surface area contributed by atoms with Crippen molar-refractivity contribution in [3.05, 3.63) is 156 Å². The molecule has 0 saturated carbocycles. The van der Waals surface area contributed by atoms with Crippen LogP contribution in [0.15, 0.2) is 145 Å². The molecule has 0 bridgehead atoms. The van der Waals surface area contributed by atoms with E-state index in [0.717, 1.165) is 34.0 Å². The first-order valence-electron chi connectivity index (χ1n) is 21.1. The van der Waals surface area contributed by atoms with Gasteiger partial charge in [-0.15, -0.1) is 0 Å². The number of ether oxygens (including phenoxy) is 1. The summed E-state index contributed by atoms with van der Waals surface area (Å²) in [5, 5.41) is 2.36. The van der Waals surface area contributed by atoms with Crippen molar-refractivity contribution >= 4 is 33.2 Å². The average molecular weight is 781 g/mol. The van der Waals surface area contributed by atoms with E-state index >= 15 is 0 Å². The largest absolute Gasteiger partial charge is 0.457 e. The topological polar surface area (TPSA) is 33.5 Å². The van der Waals surface area contributed by atoms with Gasteiger partial charge in [-0.1, -0.05) is 144 Å². The molecule has 0 unspecified atom stereocenters. The number of nitrogens with zero attached hydrogens (tertiary/aromatic N) is 4. The number of hydrogen-bond acceptors (Lipinski definition) is 4. The summed E-state index contributed by atoms with van der Waals surface area (Å²) in [6.07, 6.45) is 1.93. The highest BCUT2D eigenvalue weighted by Crippen LogP contribution is 2.49. The Bertz CT molecular complexity index is 2710. The zero-order valence-electron chi connectivity index (χ0n) is 37.1. The fraction of sp³-hybridized carbons (Fsp3) is 0.315. The number of aromatic nitrogens is 2. The molecular formula is C54H60N4O. The molecule has 8 rings (SSSR count). The van der Waals surface area contributed by atoms with Gasteiger partial charge in [-0.05, 0) is 87.7 Å². The Balaban J connectivity index is 1.21. The molecule has 7 aromatic rings. The SMILES string of the molecule is CC(C)(C)C1=C(C(C)(C)C)N(c2cc(-c3ccccc3)cc(C(C)(C)C)c2)CN1c1cccc(Oc2ccc3c4ccccc4n(-c4cc(C(C)(C)C)ccn4)c3c2)c1. The second-order valence-corrected chi connectivity index (χ2v) is 20.4. The van der Waals surface area contributed by atoms with E-state index in [1.807, 2.05) is 6.20 Å². The Morgan fingerprint density at radius 2 is 1.08 bits per heavy atom. The molecule has 1 aliphatic rings. The fourth-order valence-electron chi connectivity index (χ4n) is 8.60. The Hall–Kier alpha value is -5.81. The van der Waals surface area contributed by atoms with Crippen LogP contribution in [0.4, 0.5) is 11.4 Å². The standard InChI is InChI=1S/C54H60N4O/c1-51(2,3)38-27-28-55-48(32-38)58-46-24-17-16-23-44(46)45-26-25-43(34-47(45)58)59-42-22-18-21-40(33-42)56-35-57(50(54(10,11)12)49(56)53(7,8)9)41-30-37(36-19-14-13-15-20-36)29-39(31-41)52(4,5)6/h13-34H,35H2,1-12H3. The third-order valence-electron chi connectivity index (χ3n) is 11.5. The van der Waals surface area contributed by atoms with Crippen molar-refractivity contribution in [2.24, 2.45) is 10.8 Å². The van der Waals surface area contributed by atoms with Gasteiger partial charge in [0.25, 0.3) is 0 Å². The van der Waals surface area contributed by atoms with E-state index in [-0.39, 0.29) is 21.7 Å². The summed E-state index contributed by atoms with van der Waals surface area (Å²) in [5.74, 6) is 2.48. The number of rotatable bonds is 6. The Labute approximate surface area is 352 Å². The summed E-state index contributed by atoms with van der Waals surface area (Å²) in [6, 6.07) is 45.9. The Morgan fingerprint density at radius 1 is 0.458 bits per heavy atom. The molecule has 5 aromatic carbocycles. The third-order valence-corrected chi connectivity index (χ3v) is 11.5. The van der Waals surface area contributed by atoms with E-state index in [2.05, 4.69) is 225 Å². The van der Waals surface area contributed by atoms with E-state index in [1.54, 1.807) is 0 Å². The molecule has 1 aliphatic heterocycles. The predicted molar refractivity (Wildman–Crippen MR) is 250 cm³/mol. The van der Waals surface area contributed by atoms with Gasteiger partial charge in [0.15, 0.2) is 0 Å². The summed E-state index contributed by atoms with van der Waals surface area (Å²) in [7, 11) is 0. The van der Waals surface area contributed by atoms with Crippen molar-refractivity contribution < 1.29 is 4.74 Å². The summed E-state index contributed by atoms with van der Waals surface area (Å²) < 4.78 is 9.08. The highest BCUT2D eigenvalue weighted by atomic mass is 16.5. The minimum atomic E-state index is -0.144. The van der Waals surface area contributed by atoms with Gasteiger partial charge >= 0.3 is 0 Å². The molecule has 0 fully saturated rings. The van der Waals surface area contributed by atoms with E-state index in [0.29, 0.717) is 6.67 Å². The van der Waals surface area contributed by atoms with Gasteiger partial charge in [0.1, 0.15) is 17.3 Å². The van der Waals surface area contributed by atoms with Crippen LogP contribution in [0.2, 0.25) is 0 Å². The molecule has 0 amide bonds. The van der Waals surface area contributed by atoms with Gasteiger partial charge in [-0.25, -0.2) is 4.98 Å². The molecular weight excluding hydrogens is 721 g/mol. The minimum absolute atomic E-state index is 0.000630. The number of benzene rings is 5. The lowest BCUT2D eigenvalue weighted by Gasteiger charge is -2.34. The lowest BCUT2D eigenvalue weighted by molar-refractivity contribution is 0.444. The van der Waals surface area contributed by atoms with Crippen LogP contribution < -0.4 is 14.5 Å². The van der Waals surface area contributed by atoms with E-state index < -0.39 is 0 Å². The zero-order valence-corrected chi connectivity index (χ0v) is 37.1. The second kappa shape index (κ2) is 14.5. The van der Waals surface area contributed by atoms with Crippen LogP contribution in [0.3, 0.4) is 0 Å². The van der Waals surface area contributed by atoms with Gasteiger partial charge in [0.05, 0.1) is 17.7 Å². The molecule has 302 valence electrons. The maximum Gasteiger partial charge on any atom is 0.137 e. The lowest BCUT2D eigenvalue weighted by Crippen LogP contribution is -2.31. The lowest BCUT2D eigenvalue weighted by atomic mass is 9.81. The van der Waals surface area contributed by atoms with Crippen LogP contribution in [0, 0.1) is 10.8 Å². The molecule has 3 heterocycles. The van der Waals surface area contributed by atoms with Gasteiger partial charge in [0.2, 0.25) is 0 Å². The predicted octanol–water partition coefficient (Wildman–Crippen LogP) is 14.8.